The highest BCUT2D eigenvalue weighted by Crippen LogP contribution is 2.28. The van der Waals surface area contributed by atoms with E-state index in [4.69, 9.17) is 37.3 Å². The van der Waals surface area contributed by atoms with Crippen LogP contribution in [0.4, 0.5) is 17.1 Å². The maximum atomic E-state index is 11.8. The fraction of sp³-hybridized carbons (Fsp3) is 0.143. The van der Waals surface area contributed by atoms with Gasteiger partial charge in [0.25, 0.3) is 0 Å². The van der Waals surface area contributed by atoms with E-state index in [1.807, 2.05) is 0 Å². The normalized spacial score (nSPS) is 13.7. The third kappa shape index (κ3) is 7.06. The van der Waals surface area contributed by atoms with E-state index in [-0.39, 0.29) is 17.1 Å². The summed E-state index contributed by atoms with van der Waals surface area (Å²) in [6.45, 7) is 0. The van der Waals surface area contributed by atoms with Crippen molar-refractivity contribution in [1.82, 2.24) is 0 Å². The molecule has 0 fully saturated rings. The van der Waals surface area contributed by atoms with Gasteiger partial charge in [-0.3, -0.25) is 5.01 Å². The molecule has 0 aliphatic heterocycles. The Hall–Kier alpha value is -5.00. The SMILES string of the molecule is COc1ccc(N/C=C(\N)C(O)(/C(N)=C/Nc2ccc(OC)cc2)/C(N)=C/N(N)c2ccc(OC)cc2)cc1. The Morgan fingerprint density at radius 3 is 1.38 bits per heavy atom. The van der Waals surface area contributed by atoms with Crippen LogP contribution in [0.2, 0.25) is 0 Å². The molecule has 11 heteroatoms. The number of benzene rings is 3. The number of hydrazine groups is 1. The zero-order valence-corrected chi connectivity index (χ0v) is 22.1. The standard InChI is InChI=1S/C28H35N7O4/c1-37-22-10-4-19(5-11-22)33-16-25(29)28(36,26(30)17-34-20-6-12-23(38-2)13-7-20)27(31)18-35(32)21-8-14-24(39-3)15-9-21/h4-18,33-34,36H,29-32H2,1-3H3/b25-16-,26-17-,27-18-. The highest BCUT2D eigenvalue weighted by atomic mass is 16.5. The predicted octanol–water partition coefficient (Wildman–Crippen LogP) is 2.75. The van der Waals surface area contributed by atoms with E-state index in [1.165, 1.54) is 23.6 Å². The second-order valence-corrected chi connectivity index (χ2v) is 8.35. The second-order valence-electron chi connectivity index (χ2n) is 8.35. The fourth-order valence-corrected chi connectivity index (χ4v) is 3.48. The zero-order valence-electron chi connectivity index (χ0n) is 22.1. The first kappa shape index (κ1) is 28.6. The Balaban J connectivity index is 1.94. The molecule has 206 valence electrons. The van der Waals surface area contributed by atoms with Crippen LogP contribution in [0.3, 0.4) is 0 Å². The lowest BCUT2D eigenvalue weighted by atomic mass is 9.93. The summed E-state index contributed by atoms with van der Waals surface area (Å²) < 4.78 is 15.5. The molecule has 0 aliphatic carbocycles. The molecular weight excluding hydrogens is 498 g/mol. The number of anilines is 3. The number of nitrogens with zero attached hydrogens (tertiary/aromatic N) is 1. The molecule has 0 amide bonds. The molecule has 0 aromatic heterocycles. The number of hydrogen-bond donors (Lipinski definition) is 7. The van der Waals surface area contributed by atoms with Gasteiger partial charge in [0, 0.05) is 30.0 Å². The summed E-state index contributed by atoms with van der Waals surface area (Å²) in [5, 5.41) is 19.1. The first-order valence-electron chi connectivity index (χ1n) is 11.8. The monoisotopic (exact) mass is 533 g/mol. The van der Waals surface area contributed by atoms with Crippen molar-refractivity contribution in [2.75, 3.05) is 37.0 Å². The van der Waals surface area contributed by atoms with E-state index in [2.05, 4.69) is 10.6 Å². The molecule has 3 aromatic carbocycles. The molecule has 0 spiro atoms. The summed E-state index contributed by atoms with van der Waals surface area (Å²) in [7, 11) is 4.73. The van der Waals surface area contributed by atoms with Gasteiger partial charge in [-0.1, -0.05) is 0 Å². The van der Waals surface area contributed by atoms with Gasteiger partial charge in [0.1, 0.15) is 17.2 Å². The first-order valence-corrected chi connectivity index (χ1v) is 11.8. The Labute approximate surface area is 227 Å². The second kappa shape index (κ2) is 13.0. The van der Waals surface area contributed by atoms with Gasteiger partial charge in [0.05, 0.1) is 44.1 Å². The topological polar surface area (TPSA) is 179 Å². The maximum absolute atomic E-state index is 11.8. The van der Waals surface area contributed by atoms with Crippen molar-refractivity contribution in [1.29, 1.82) is 0 Å². The summed E-state index contributed by atoms with van der Waals surface area (Å²) in [4.78, 5) is 0. The van der Waals surface area contributed by atoms with Crippen LogP contribution < -0.4 is 52.9 Å². The number of nitrogens with two attached hydrogens (primary N) is 4. The van der Waals surface area contributed by atoms with E-state index in [0.29, 0.717) is 34.3 Å². The minimum Gasteiger partial charge on any atom is -0.497 e. The molecule has 39 heavy (non-hydrogen) atoms. The van der Waals surface area contributed by atoms with Crippen LogP contribution in [-0.2, 0) is 0 Å². The van der Waals surface area contributed by atoms with Gasteiger partial charge in [-0.25, -0.2) is 5.84 Å². The number of hydrogen-bond acceptors (Lipinski definition) is 11. The van der Waals surface area contributed by atoms with E-state index in [9.17, 15) is 5.11 Å². The molecule has 0 saturated heterocycles. The lowest BCUT2D eigenvalue weighted by molar-refractivity contribution is 0.149. The molecular formula is C28H35N7O4. The predicted molar refractivity (Wildman–Crippen MR) is 155 cm³/mol. The highest BCUT2D eigenvalue weighted by molar-refractivity contribution is 5.55. The average molecular weight is 534 g/mol. The van der Waals surface area contributed by atoms with Crippen molar-refractivity contribution in [3.8, 4) is 17.2 Å². The van der Waals surface area contributed by atoms with Crippen molar-refractivity contribution >= 4 is 17.1 Å². The van der Waals surface area contributed by atoms with Crippen LogP contribution >= 0.6 is 0 Å². The van der Waals surface area contributed by atoms with Gasteiger partial charge in [-0.2, -0.15) is 0 Å². The van der Waals surface area contributed by atoms with Gasteiger partial charge in [0.15, 0.2) is 5.60 Å². The van der Waals surface area contributed by atoms with Crippen LogP contribution in [0, 0.1) is 0 Å². The van der Waals surface area contributed by atoms with E-state index in [1.54, 1.807) is 94.1 Å². The van der Waals surface area contributed by atoms with Crippen LogP contribution in [0.1, 0.15) is 0 Å². The van der Waals surface area contributed by atoms with Crippen LogP contribution in [-0.4, -0.2) is 32.0 Å². The molecule has 3 rings (SSSR count). The molecule has 0 saturated carbocycles. The lowest BCUT2D eigenvalue weighted by Crippen LogP contribution is -2.47. The number of aliphatic hydroxyl groups is 1. The number of methoxy groups -OCH3 is 3. The first-order chi connectivity index (χ1) is 18.7. The Kier molecular flexibility index (Phi) is 9.52. The van der Waals surface area contributed by atoms with Gasteiger partial charge in [0.2, 0.25) is 0 Å². The molecule has 0 unspecified atom stereocenters. The third-order valence-corrected chi connectivity index (χ3v) is 5.87. The summed E-state index contributed by atoms with van der Waals surface area (Å²) in [6, 6.07) is 21.2. The Morgan fingerprint density at radius 1 is 0.667 bits per heavy atom. The summed E-state index contributed by atoms with van der Waals surface area (Å²) in [5.41, 5.74) is 18.7. The number of nitrogens with one attached hydrogen (secondary N) is 2. The van der Waals surface area contributed by atoms with E-state index in [0.717, 1.165) is 0 Å². The summed E-state index contributed by atoms with van der Waals surface area (Å²) in [5.74, 6) is 8.27. The largest absolute Gasteiger partial charge is 0.497 e. The zero-order chi connectivity index (χ0) is 28.4. The summed E-state index contributed by atoms with van der Waals surface area (Å²) >= 11 is 0. The van der Waals surface area contributed by atoms with Crippen molar-refractivity contribution < 1.29 is 19.3 Å². The lowest BCUT2D eigenvalue weighted by Gasteiger charge is -2.31. The van der Waals surface area contributed by atoms with Gasteiger partial charge in [-0.15, -0.1) is 0 Å². The third-order valence-electron chi connectivity index (χ3n) is 5.87. The molecule has 0 heterocycles. The Morgan fingerprint density at radius 2 is 1.03 bits per heavy atom. The average Bonchev–Trinajstić information content (AvgIpc) is 2.98. The van der Waals surface area contributed by atoms with Crippen molar-refractivity contribution in [2.24, 2.45) is 23.0 Å². The number of rotatable bonds is 12. The Bertz CT molecular complexity index is 1240. The molecule has 11 N–H and O–H groups in total. The van der Waals surface area contributed by atoms with Gasteiger partial charge < -0.3 is 47.2 Å². The maximum Gasteiger partial charge on any atom is 0.187 e. The number of ether oxygens (including phenoxy) is 3. The van der Waals surface area contributed by atoms with Crippen LogP contribution in [0.15, 0.2) is 108 Å². The van der Waals surface area contributed by atoms with E-state index < -0.39 is 5.60 Å². The smallest absolute Gasteiger partial charge is 0.187 e. The molecule has 0 atom stereocenters. The van der Waals surface area contributed by atoms with Crippen LogP contribution in [0.25, 0.3) is 0 Å². The van der Waals surface area contributed by atoms with Crippen molar-refractivity contribution in [3.05, 3.63) is 108 Å². The van der Waals surface area contributed by atoms with Crippen molar-refractivity contribution in [3.63, 3.8) is 0 Å². The molecule has 0 aliphatic rings. The van der Waals surface area contributed by atoms with Gasteiger partial charge in [-0.05, 0) is 72.8 Å². The minimum absolute atomic E-state index is 0.0829. The molecule has 0 radical (unpaired) electrons. The van der Waals surface area contributed by atoms with Gasteiger partial charge >= 0.3 is 0 Å². The quantitative estimate of drug-likeness (QED) is 0.134. The molecule has 0 bridgehead atoms. The molecule has 3 aromatic rings. The fourth-order valence-electron chi connectivity index (χ4n) is 3.48. The van der Waals surface area contributed by atoms with Crippen molar-refractivity contribution in [2.45, 2.75) is 5.60 Å². The molecule has 11 nitrogen and oxygen atoms in total. The van der Waals surface area contributed by atoms with Crippen LogP contribution in [0.5, 0.6) is 17.2 Å². The minimum atomic E-state index is -2.12. The highest BCUT2D eigenvalue weighted by Gasteiger charge is 2.37. The summed E-state index contributed by atoms with van der Waals surface area (Å²) in [6.07, 6.45) is 4.15. The van der Waals surface area contributed by atoms with E-state index >= 15 is 0 Å².